The first-order chi connectivity index (χ1) is 11.1. The number of benzene rings is 1. The highest BCUT2D eigenvalue weighted by atomic mass is 19.3. The molecule has 23 heavy (non-hydrogen) atoms. The predicted octanol–water partition coefficient (Wildman–Crippen LogP) is 4.19. The maximum Gasteiger partial charge on any atom is 0.297 e. The second kappa shape index (κ2) is 5.08. The summed E-state index contributed by atoms with van der Waals surface area (Å²) in [7, 11) is 0. The van der Waals surface area contributed by atoms with Gasteiger partial charge in [-0.05, 0) is 30.7 Å². The van der Waals surface area contributed by atoms with Crippen LogP contribution in [0.15, 0.2) is 48.5 Å². The third-order valence-electron chi connectivity index (χ3n) is 3.85. The number of hydrogen-bond acceptors (Lipinski definition) is 3. The van der Waals surface area contributed by atoms with Gasteiger partial charge < -0.3 is 0 Å². The lowest BCUT2D eigenvalue weighted by Gasteiger charge is -2.10. The van der Waals surface area contributed by atoms with Crippen LogP contribution in [-0.4, -0.2) is 19.6 Å². The summed E-state index contributed by atoms with van der Waals surface area (Å²) in [6, 6.07) is 15.0. The summed E-state index contributed by atoms with van der Waals surface area (Å²) in [6.45, 7) is 1.91. The lowest BCUT2D eigenvalue weighted by molar-refractivity contribution is 0.139. The maximum atomic E-state index is 13.2. The molecule has 0 N–H and O–H groups in total. The molecule has 0 spiro atoms. The highest BCUT2D eigenvalue weighted by molar-refractivity contribution is 5.84. The number of nitrogens with zero attached hydrogens (tertiary/aromatic N) is 4. The molecule has 0 amide bonds. The van der Waals surface area contributed by atoms with Gasteiger partial charge in [0.2, 0.25) is 5.82 Å². The van der Waals surface area contributed by atoms with Gasteiger partial charge >= 0.3 is 0 Å². The van der Waals surface area contributed by atoms with Crippen LogP contribution in [0.5, 0.6) is 0 Å². The van der Waals surface area contributed by atoms with E-state index in [2.05, 4.69) is 15.2 Å². The zero-order chi connectivity index (χ0) is 16.0. The van der Waals surface area contributed by atoms with Crippen LogP contribution in [0.2, 0.25) is 0 Å². The number of pyridine rings is 2. The number of halogens is 2. The number of aromatic nitrogens is 4. The van der Waals surface area contributed by atoms with Crippen molar-refractivity contribution in [1.29, 1.82) is 0 Å². The second-order valence-electron chi connectivity index (χ2n) is 5.28. The van der Waals surface area contributed by atoms with Gasteiger partial charge in [0.1, 0.15) is 0 Å². The van der Waals surface area contributed by atoms with Crippen molar-refractivity contribution >= 4 is 16.7 Å². The Bertz CT molecular complexity index is 1010. The molecule has 0 saturated carbocycles. The lowest BCUT2D eigenvalue weighted by Crippen LogP contribution is -1.99. The molecule has 0 aliphatic carbocycles. The van der Waals surface area contributed by atoms with Crippen molar-refractivity contribution in [2.75, 3.05) is 0 Å². The van der Waals surface area contributed by atoms with E-state index in [4.69, 9.17) is 0 Å². The molecule has 0 atom stereocenters. The van der Waals surface area contributed by atoms with E-state index in [1.165, 1.54) is 4.40 Å². The molecular weight excluding hydrogens is 298 g/mol. The Morgan fingerprint density at radius 3 is 2.52 bits per heavy atom. The van der Waals surface area contributed by atoms with E-state index in [-0.39, 0.29) is 5.82 Å². The zero-order valence-electron chi connectivity index (χ0n) is 12.2. The monoisotopic (exact) mass is 310 g/mol. The van der Waals surface area contributed by atoms with E-state index >= 15 is 0 Å². The van der Waals surface area contributed by atoms with Crippen molar-refractivity contribution in [3.05, 3.63) is 60.0 Å². The minimum atomic E-state index is -2.70. The van der Waals surface area contributed by atoms with Crippen LogP contribution >= 0.6 is 0 Å². The predicted molar refractivity (Wildman–Crippen MR) is 83.4 cm³/mol. The van der Waals surface area contributed by atoms with Gasteiger partial charge in [0.15, 0.2) is 5.65 Å². The van der Waals surface area contributed by atoms with E-state index in [0.717, 1.165) is 16.8 Å². The largest absolute Gasteiger partial charge is 0.297 e. The first kappa shape index (κ1) is 13.8. The van der Waals surface area contributed by atoms with E-state index in [1.807, 2.05) is 43.3 Å². The van der Waals surface area contributed by atoms with Crippen molar-refractivity contribution in [2.24, 2.45) is 0 Å². The van der Waals surface area contributed by atoms with Gasteiger partial charge in [-0.15, -0.1) is 10.2 Å². The van der Waals surface area contributed by atoms with Crippen molar-refractivity contribution in [1.82, 2.24) is 19.6 Å². The molecular formula is C17H12F2N4. The molecule has 0 saturated heterocycles. The Balaban J connectivity index is 2.09. The molecule has 0 bridgehead atoms. The van der Waals surface area contributed by atoms with E-state index < -0.39 is 6.43 Å². The van der Waals surface area contributed by atoms with Gasteiger partial charge in [-0.2, -0.15) is 0 Å². The molecule has 3 aromatic heterocycles. The van der Waals surface area contributed by atoms with Gasteiger partial charge in [0.05, 0.1) is 11.0 Å². The number of alkyl halides is 2. The minimum Gasteiger partial charge on any atom is -0.272 e. The Labute approximate surface area is 130 Å². The molecule has 4 nitrogen and oxygen atoms in total. The fraction of sp³-hybridized carbons (Fsp3) is 0.118. The van der Waals surface area contributed by atoms with Gasteiger partial charge in [0, 0.05) is 11.3 Å². The second-order valence-corrected chi connectivity index (χ2v) is 5.28. The Morgan fingerprint density at radius 1 is 1.00 bits per heavy atom. The van der Waals surface area contributed by atoms with Crippen LogP contribution in [0.3, 0.4) is 0 Å². The molecule has 0 unspecified atom stereocenters. The molecule has 0 radical (unpaired) electrons. The number of rotatable bonds is 2. The Morgan fingerprint density at radius 2 is 1.78 bits per heavy atom. The summed E-state index contributed by atoms with van der Waals surface area (Å²) in [5.41, 5.74) is 4.33. The summed E-state index contributed by atoms with van der Waals surface area (Å²) in [6.07, 6.45) is -2.70. The van der Waals surface area contributed by atoms with Crippen LogP contribution in [0.1, 0.15) is 17.9 Å². The SMILES string of the molecule is Cc1nc2ccc3nnc(C(F)F)n3c2cc1-c1ccccc1. The average Bonchev–Trinajstić information content (AvgIpc) is 2.99. The summed E-state index contributed by atoms with van der Waals surface area (Å²) < 4.78 is 27.8. The number of aryl methyl sites for hydroxylation is 1. The Hall–Kier alpha value is -2.89. The molecule has 0 aliphatic heterocycles. The van der Waals surface area contributed by atoms with Gasteiger partial charge in [-0.1, -0.05) is 30.3 Å². The van der Waals surface area contributed by atoms with Crippen LogP contribution in [0.25, 0.3) is 27.8 Å². The molecule has 4 aromatic rings. The first-order valence-electron chi connectivity index (χ1n) is 7.14. The standard InChI is InChI=1S/C17H12F2N4/c1-10-12(11-5-3-2-4-6-11)9-14-13(20-10)7-8-15-21-22-17(16(18)19)23(14)15/h2-9,16H,1H3. The minimum absolute atomic E-state index is 0.365. The smallest absolute Gasteiger partial charge is 0.272 e. The topological polar surface area (TPSA) is 43.1 Å². The molecule has 3 heterocycles. The maximum absolute atomic E-state index is 13.2. The number of fused-ring (bicyclic) bond motifs is 3. The molecule has 6 heteroatoms. The van der Waals surface area contributed by atoms with Crippen LogP contribution in [0.4, 0.5) is 8.78 Å². The van der Waals surface area contributed by atoms with Crippen molar-refractivity contribution in [2.45, 2.75) is 13.3 Å². The average molecular weight is 310 g/mol. The zero-order valence-corrected chi connectivity index (χ0v) is 12.2. The van der Waals surface area contributed by atoms with Crippen LogP contribution < -0.4 is 0 Å². The highest BCUT2D eigenvalue weighted by Crippen LogP contribution is 2.28. The van der Waals surface area contributed by atoms with Crippen LogP contribution in [0, 0.1) is 6.92 Å². The highest BCUT2D eigenvalue weighted by Gasteiger charge is 2.18. The quantitative estimate of drug-likeness (QED) is 0.557. The Kier molecular flexibility index (Phi) is 3.04. The fourth-order valence-electron chi connectivity index (χ4n) is 2.78. The van der Waals surface area contributed by atoms with Crippen molar-refractivity contribution < 1.29 is 8.78 Å². The summed E-state index contributed by atoms with van der Waals surface area (Å²) in [5.74, 6) is -0.365. The van der Waals surface area contributed by atoms with Crippen molar-refractivity contribution in [3.8, 4) is 11.1 Å². The first-order valence-corrected chi connectivity index (χ1v) is 7.14. The molecule has 114 valence electrons. The summed E-state index contributed by atoms with van der Waals surface area (Å²) in [4.78, 5) is 4.56. The molecule has 0 aliphatic rings. The molecule has 0 fully saturated rings. The molecule has 1 aromatic carbocycles. The van der Waals surface area contributed by atoms with E-state index in [0.29, 0.717) is 16.7 Å². The van der Waals surface area contributed by atoms with Gasteiger partial charge in [-0.3, -0.25) is 9.38 Å². The summed E-state index contributed by atoms with van der Waals surface area (Å²) >= 11 is 0. The van der Waals surface area contributed by atoms with Gasteiger partial charge in [-0.25, -0.2) is 8.78 Å². The van der Waals surface area contributed by atoms with Gasteiger partial charge in [0.25, 0.3) is 6.43 Å². The summed E-state index contributed by atoms with van der Waals surface area (Å²) in [5, 5.41) is 7.43. The third-order valence-corrected chi connectivity index (χ3v) is 3.85. The lowest BCUT2D eigenvalue weighted by atomic mass is 10.0. The van der Waals surface area contributed by atoms with E-state index in [1.54, 1.807) is 12.1 Å². The number of hydrogen-bond donors (Lipinski definition) is 0. The fourth-order valence-corrected chi connectivity index (χ4v) is 2.78. The van der Waals surface area contributed by atoms with Crippen molar-refractivity contribution in [3.63, 3.8) is 0 Å². The normalized spacial score (nSPS) is 11.7. The van der Waals surface area contributed by atoms with E-state index in [9.17, 15) is 8.78 Å². The third kappa shape index (κ3) is 2.14. The van der Waals surface area contributed by atoms with Crippen LogP contribution in [-0.2, 0) is 0 Å². The molecule has 4 rings (SSSR count).